The van der Waals surface area contributed by atoms with Crippen LogP contribution in [0.4, 0.5) is 10.1 Å². The number of nitrogens with zero attached hydrogens (tertiary/aromatic N) is 1. The minimum Gasteiger partial charge on any atom is -0.355 e. The minimum absolute atomic E-state index is 0.0897. The number of carbonyl (C=O) groups excluding carboxylic acids is 1. The average Bonchev–Trinajstić information content (AvgIpc) is 2.82. The van der Waals surface area contributed by atoms with Crippen molar-refractivity contribution in [2.45, 2.75) is 0 Å². The second kappa shape index (κ2) is 4.49. The third kappa shape index (κ3) is 1.86. The molecule has 0 spiro atoms. The Labute approximate surface area is 93.4 Å². The largest absolute Gasteiger partial charge is 0.355 e. The van der Waals surface area contributed by atoms with Crippen molar-refractivity contribution in [3.05, 3.63) is 29.6 Å². The minimum atomic E-state index is -0.453. The summed E-state index contributed by atoms with van der Waals surface area (Å²) in [6.45, 7) is 2.21. The van der Waals surface area contributed by atoms with E-state index in [1.807, 2.05) is 4.90 Å². The molecule has 0 aromatic heterocycles. The molecule has 0 bridgehead atoms. The average molecular weight is 223 g/mol. The zero-order valence-electron chi connectivity index (χ0n) is 9.09. The van der Waals surface area contributed by atoms with Crippen LogP contribution in [0.2, 0.25) is 0 Å². The van der Waals surface area contributed by atoms with Gasteiger partial charge in [0.25, 0.3) is 5.91 Å². The Hall–Kier alpha value is -1.62. The van der Waals surface area contributed by atoms with Crippen LogP contribution in [-0.2, 0) is 0 Å². The van der Waals surface area contributed by atoms with Gasteiger partial charge in [-0.3, -0.25) is 10.1 Å². The summed E-state index contributed by atoms with van der Waals surface area (Å²) in [5.74, 6) is -0.850. The Balaban J connectivity index is 2.35. The SMILES string of the molecule is CNC(=O)c1cccc(N2CCNC2)c1F. The molecule has 0 saturated carbocycles. The molecule has 1 aliphatic heterocycles. The summed E-state index contributed by atoms with van der Waals surface area (Å²) in [6, 6.07) is 4.87. The molecule has 1 heterocycles. The summed E-state index contributed by atoms with van der Waals surface area (Å²) in [5.41, 5.74) is 0.568. The molecule has 2 N–H and O–H groups in total. The first-order chi connectivity index (χ1) is 7.74. The molecule has 0 aliphatic carbocycles. The summed E-state index contributed by atoms with van der Waals surface area (Å²) in [7, 11) is 1.49. The van der Waals surface area contributed by atoms with Crippen molar-refractivity contribution in [3.8, 4) is 0 Å². The van der Waals surface area contributed by atoms with Gasteiger partial charge >= 0.3 is 0 Å². The molecule has 5 heteroatoms. The number of rotatable bonds is 2. The van der Waals surface area contributed by atoms with Crippen molar-refractivity contribution in [1.82, 2.24) is 10.6 Å². The van der Waals surface area contributed by atoms with Gasteiger partial charge in [0.2, 0.25) is 0 Å². The highest BCUT2D eigenvalue weighted by atomic mass is 19.1. The van der Waals surface area contributed by atoms with Gasteiger partial charge in [0.1, 0.15) is 0 Å². The fourth-order valence-electron chi connectivity index (χ4n) is 1.79. The van der Waals surface area contributed by atoms with Crippen LogP contribution in [0.1, 0.15) is 10.4 Å². The molecule has 2 rings (SSSR count). The van der Waals surface area contributed by atoms with Crippen LogP contribution in [0, 0.1) is 5.82 Å². The van der Waals surface area contributed by atoms with Crippen molar-refractivity contribution in [3.63, 3.8) is 0 Å². The van der Waals surface area contributed by atoms with Crippen molar-refractivity contribution in [2.24, 2.45) is 0 Å². The van der Waals surface area contributed by atoms with Crippen LogP contribution in [0.25, 0.3) is 0 Å². The number of hydrogen-bond donors (Lipinski definition) is 2. The fourth-order valence-corrected chi connectivity index (χ4v) is 1.79. The number of hydrogen-bond acceptors (Lipinski definition) is 3. The lowest BCUT2D eigenvalue weighted by atomic mass is 10.1. The molecule has 0 atom stereocenters. The second-order valence-corrected chi connectivity index (χ2v) is 3.64. The van der Waals surface area contributed by atoms with Crippen molar-refractivity contribution >= 4 is 11.6 Å². The Morgan fingerprint density at radius 3 is 3.00 bits per heavy atom. The lowest BCUT2D eigenvalue weighted by Gasteiger charge is -2.18. The van der Waals surface area contributed by atoms with Crippen LogP contribution in [0.5, 0.6) is 0 Å². The predicted molar refractivity (Wildman–Crippen MR) is 60.0 cm³/mol. The lowest BCUT2D eigenvalue weighted by Crippen LogP contribution is -2.25. The molecule has 1 amide bonds. The topological polar surface area (TPSA) is 44.4 Å². The summed E-state index contributed by atoms with van der Waals surface area (Å²) in [5, 5.41) is 5.55. The number of amides is 1. The van der Waals surface area contributed by atoms with E-state index in [4.69, 9.17) is 0 Å². The molecule has 16 heavy (non-hydrogen) atoms. The van der Waals surface area contributed by atoms with E-state index in [1.54, 1.807) is 12.1 Å². The lowest BCUT2D eigenvalue weighted by molar-refractivity contribution is 0.0959. The third-order valence-electron chi connectivity index (χ3n) is 2.65. The molecule has 1 aromatic carbocycles. The van der Waals surface area contributed by atoms with Gasteiger partial charge in [-0.1, -0.05) is 6.07 Å². The molecule has 86 valence electrons. The zero-order chi connectivity index (χ0) is 11.5. The van der Waals surface area contributed by atoms with Gasteiger partial charge in [-0.25, -0.2) is 4.39 Å². The number of anilines is 1. The normalized spacial score (nSPS) is 15.2. The van der Waals surface area contributed by atoms with Crippen molar-refractivity contribution in [2.75, 3.05) is 31.7 Å². The van der Waals surface area contributed by atoms with Gasteiger partial charge in [-0.05, 0) is 12.1 Å². The van der Waals surface area contributed by atoms with E-state index < -0.39 is 11.7 Å². The van der Waals surface area contributed by atoms with E-state index in [-0.39, 0.29) is 5.56 Å². The van der Waals surface area contributed by atoms with Gasteiger partial charge < -0.3 is 10.2 Å². The summed E-state index contributed by atoms with van der Waals surface area (Å²) in [6.07, 6.45) is 0. The Morgan fingerprint density at radius 1 is 1.56 bits per heavy atom. The highest BCUT2D eigenvalue weighted by Gasteiger charge is 2.19. The van der Waals surface area contributed by atoms with Gasteiger partial charge in [-0.2, -0.15) is 0 Å². The monoisotopic (exact) mass is 223 g/mol. The van der Waals surface area contributed by atoms with E-state index in [1.165, 1.54) is 13.1 Å². The summed E-state index contributed by atoms with van der Waals surface area (Å²) >= 11 is 0. The first-order valence-corrected chi connectivity index (χ1v) is 5.20. The highest BCUT2D eigenvalue weighted by Crippen LogP contribution is 2.22. The molecule has 1 aromatic rings. The molecular weight excluding hydrogens is 209 g/mol. The van der Waals surface area contributed by atoms with Crippen LogP contribution in [0.3, 0.4) is 0 Å². The molecule has 1 fully saturated rings. The first kappa shape index (κ1) is 10.9. The fraction of sp³-hybridized carbons (Fsp3) is 0.364. The Bertz CT molecular complexity index is 402. The first-order valence-electron chi connectivity index (χ1n) is 5.20. The number of benzene rings is 1. The van der Waals surface area contributed by atoms with Crippen LogP contribution < -0.4 is 15.5 Å². The molecule has 0 radical (unpaired) electrons. The summed E-state index contributed by atoms with van der Waals surface area (Å²) in [4.78, 5) is 13.3. The second-order valence-electron chi connectivity index (χ2n) is 3.64. The number of nitrogens with one attached hydrogen (secondary N) is 2. The van der Waals surface area contributed by atoms with Gasteiger partial charge in [-0.15, -0.1) is 0 Å². The van der Waals surface area contributed by atoms with Gasteiger partial charge in [0, 0.05) is 20.1 Å². The maximum atomic E-state index is 14.0. The number of carbonyl (C=O) groups is 1. The van der Waals surface area contributed by atoms with Gasteiger partial charge in [0.15, 0.2) is 5.82 Å². The maximum Gasteiger partial charge on any atom is 0.254 e. The van der Waals surface area contributed by atoms with Crippen molar-refractivity contribution in [1.29, 1.82) is 0 Å². The third-order valence-corrected chi connectivity index (χ3v) is 2.65. The maximum absolute atomic E-state index is 14.0. The van der Waals surface area contributed by atoms with E-state index in [9.17, 15) is 9.18 Å². The Kier molecular flexibility index (Phi) is 3.05. The standard InChI is InChI=1S/C11H14FN3O/c1-13-11(16)8-3-2-4-9(10(8)12)15-6-5-14-7-15/h2-4,14H,5-7H2,1H3,(H,13,16). The van der Waals surface area contributed by atoms with E-state index in [0.717, 1.165) is 13.1 Å². The summed E-state index contributed by atoms with van der Waals surface area (Å²) < 4.78 is 14.0. The van der Waals surface area contributed by atoms with E-state index in [2.05, 4.69) is 10.6 Å². The molecule has 1 aliphatic rings. The molecular formula is C11H14FN3O. The predicted octanol–water partition coefficient (Wildman–Crippen LogP) is 0.552. The molecule has 4 nitrogen and oxygen atoms in total. The van der Waals surface area contributed by atoms with E-state index in [0.29, 0.717) is 12.4 Å². The highest BCUT2D eigenvalue weighted by molar-refractivity contribution is 5.95. The zero-order valence-corrected chi connectivity index (χ0v) is 9.09. The smallest absolute Gasteiger partial charge is 0.254 e. The van der Waals surface area contributed by atoms with Crippen molar-refractivity contribution < 1.29 is 9.18 Å². The van der Waals surface area contributed by atoms with Crippen LogP contribution >= 0.6 is 0 Å². The quantitative estimate of drug-likeness (QED) is 0.769. The number of halogens is 1. The van der Waals surface area contributed by atoms with E-state index >= 15 is 0 Å². The molecule has 0 unspecified atom stereocenters. The molecule has 1 saturated heterocycles. The van der Waals surface area contributed by atoms with Crippen LogP contribution in [0.15, 0.2) is 18.2 Å². The van der Waals surface area contributed by atoms with Gasteiger partial charge in [0.05, 0.1) is 17.9 Å². The Morgan fingerprint density at radius 2 is 2.38 bits per heavy atom. The van der Waals surface area contributed by atoms with Crippen LogP contribution in [-0.4, -0.2) is 32.7 Å².